The number of rotatable bonds is 13. The molecule has 0 aliphatic carbocycles. The van der Waals surface area contributed by atoms with Crippen LogP contribution < -0.4 is 20.7 Å². The first-order valence-electron chi connectivity index (χ1n) is 15.2. The average molecular weight is 681 g/mol. The first-order chi connectivity index (χ1) is 23.3. The quantitative estimate of drug-likeness (QED) is 0.0854. The molecule has 4 aromatic carbocycles. The van der Waals surface area contributed by atoms with Crippen LogP contribution in [0.4, 0.5) is 15.2 Å². The maximum atomic E-state index is 13.6. The summed E-state index contributed by atoms with van der Waals surface area (Å²) >= 11 is 2.65. The zero-order valence-corrected chi connectivity index (χ0v) is 27.9. The van der Waals surface area contributed by atoms with Crippen LogP contribution in [0.5, 0.6) is 5.75 Å². The number of aromatic nitrogens is 1. The number of hydrogen-bond donors (Lipinski definition) is 3. The molecule has 1 aromatic heterocycles. The van der Waals surface area contributed by atoms with Crippen LogP contribution in [-0.2, 0) is 9.59 Å². The van der Waals surface area contributed by atoms with Crippen LogP contribution in [0.1, 0.15) is 36.2 Å². The number of anilines is 2. The van der Waals surface area contributed by atoms with Gasteiger partial charge in [0.25, 0.3) is 11.8 Å². The zero-order valence-electron chi connectivity index (χ0n) is 26.2. The van der Waals surface area contributed by atoms with Gasteiger partial charge < -0.3 is 20.7 Å². The fourth-order valence-electron chi connectivity index (χ4n) is 4.59. The molecule has 0 saturated carbocycles. The van der Waals surface area contributed by atoms with Gasteiger partial charge in [0.05, 0.1) is 17.6 Å². The molecule has 3 N–H and O–H groups in total. The predicted molar refractivity (Wildman–Crippen MR) is 191 cm³/mol. The molecule has 8 nitrogen and oxygen atoms in total. The summed E-state index contributed by atoms with van der Waals surface area (Å²) in [7, 11) is 0. The van der Waals surface area contributed by atoms with Crippen LogP contribution in [0.2, 0.25) is 0 Å². The summed E-state index contributed by atoms with van der Waals surface area (Å²) in [6, 6.07) is 29.1. The Bertz CT molecular complexity index is 1910. The zero-order chi connectivity index (χ0) is 33.9. The number of carbonyl (C=O) groups excluding carboxylic acids is 3. The van der Waals surface area contributed by atoms with Crippen LogP contribution in [0.3, 0.4) is 0 Å². The SMILES string of the molecule is CCOc1ccccc1/C=C(/NC(=O)c1ccccc1)C(=O)Nc1cccc(SC(CC)C(=O)Nc2nc(-c3ccc(F)cc3)cs2)c1. The lowest BCUT2D eigenvalue weighted by Gasteiger charge is -2.15. The molecule has 3 amide bonds. The first-order valence-corrected chi connectivity index (χ1v) is 17.0. The number of para-hydroxylation sites is 1. The molecule has 1 heterocycles. The minimum atomic E-state index is -0.529. The van der Waals surface area contributed by atoms with E-state index in [4.69, 9.17) is 4.74 Å². The monoisotopic (exact) mass is 680 g/mol. The Morgan fingerprint density at radius 3 is 2.42 bits per heavy atom. The highest BCUT2D eigenvalue weighted by Crippen LogP contribution is 2.30. The third kappa shape index (κ3) is 9.18. The summed E-state index contributed by atoms with van der Waals surface area (Å²) in [5, 5.41) is 10.3. The highest BCUT2D eigenvalue weighted by Gasteiger charge is 2.21. The average Bonchev–Trinajstić information content (AvgIpc) is 3.57. The molecule has 48 heavy (non-hydrogen) atoms. The van der Waals surface area contributed by atoms with E-state index in [1.807, 2.05) is 37.4 Å². The van der Waals surface area contributed by atoms with Crippen molar-refractivity contribution in [3.63, 3.8) is 0 Å². The second-order valence-corrected chi connectivity index (χ2v) is 12.5. The van der Waals surface area contributed by atoms with E-state index in [1.54, 1.807) is 78.9 Å². The standard InChI is InChI=1S/C37H33FN4O4S2/c1-3-33(36(45)42-37-41-31(23-47-37)24-17-19-27(38)20-18-24)48-29-15-10-14-28(22-29)39-35(44)30(40-34(43)25-11-6-5-7-12-25)21-26-13-8-9-16-32(26)46-4-2/h5-23,33H,3-4H2,1-2H3,(H,39,44)(H,40,43)(H,41,42,45)/b30-21+. The molecule has 11 heteroatoms. The molecule has 244 valence electrons. The van der Waals surface area contributed by atoms with Crippen LogP contribution >= 0.6 is 23.1 Å². The Balaban J connectivity index is 1.29. The van der Waals surface area contributed by atoms with E-state index in [2.05, 4.69) is 20.9 Å². The van der Waals surface area contributed by atoms with Crippen LogP contribution in [0.15, 0.2) is 119 Å². The largest absolute Gasteiger partial charge is 0.493 e. The Morgan fingerprint density at radius 2 is 1.67 bits per heavy atom. The molecule has 1 unspecified atom stereocenters. The Kier molecular flexibility index (Phi) is 11.7. The maximum absolute atomic E-state index is 13.6. The normalized spacial score (nSPS) is 11.8. The Morgan fingerprint density at radius 1 is 0.917 bits per heavy atom. The van der Waals surface area contributed by atoms with E-state index < -0.39 is 17.1 Å². The Hall–Kier alpha value is -5.26. The number of benzene rings is 4. The van der Waals surface area contributed by atoms with Crippen molar-refractivity contribution in [2.24, 2.45) is 0 Å². The first kappa shape index (κ1) is 34.1. The summed E-state index contributed by atoms with van der Waals surface area (Å²) in [6.45, 7) is 4.22. The van der Waals surface area contributed by atoms with Crippen molar-refractivity contribution in [2.45, 2.75) is 30.4 Å². The summed E-state index contributed by atoms with van der Waals surface area (Å²) in [5.74, 6) is -0.927. The van der Waals surface area contributed by atoms with Gasteiger partial charge in [0, 0.05) is 32.7 Å². The third-order valence-corrected chi connectivity index (χ3v) is 9.07. The number of thiazole rings is 1. The highest BCUT2D eigenvalue weighted by atomic mass is 32.2. The fourth-order valence-corrected chi connectivity index (χ4v) is 6.32. The lowest BCUT2D eigenvalue weighted by atomic mass is 10.1. The predicted octanol–water partition coefficient (Wildman–Crippen LogP) is 8.27. The van der Waals surface area contributed by atoms with Gasteiger partial charge in [0.15, 0.2) is 5.13 Å². The lowest BCUT2D eigenvalue weighted by Crippen LogP contribution is -2.30. The molecule has 0 spiro atoms. The van der Waals surface area contributed by atoms with Crippen molar-refractivity contribution in [1.29, 1.82) is 0 Å². The number of carbonyl (C=O) groups is 3. The second kappa shape index (κ2) is 16.5. The van der Waals surface area contributed by atoms with E-state index in [9.17, 15) is 18.8 Å². The van der Waals surface area contributed by atoms with Gasteiger partial charge in [-0.15, -0.1) is 23.1 Å². The fraction of sp³-hybridized carbons (Fsp3) is 0.135. The van der Waals surface area contributed by atoms with Gasteiger partial charge >= 0.3 is 0 Å². The molecule has 0 bridgehead atoms. The summed E-state index contributed by atoms with van der Waals surface area (Å²) in [5.41, 5.74) is 2.95. The maximum Gasteiger partial charge on any atom is 0.272 e. The van der Waals surface area contributed by atoms with Gasteiger partial charge in [-0.1, -0.05) is 49.4 Å². The Labute approximate surface area is 286 Å². The van der Waals surface area contributed by atoms with E-state index in [-0.39, 0.29) is 17.4 Å². The van der Waals surface area contributed by atoms with E-state index >= 15 is 0 Å². The van der Waals surface area contributed by atoms with Crippen molar-refractivity contribution in [3.05, 3.63) is 131 Å². The van der Waals surface area contributed by atoms with Crippen molar-refractivity contribution in [1.82, 2.24) is 10.3 Å². The number of amides is 3. The number of nitrogens with zero attached hydrogens (tertiary/aromatic N) is 1. The summed E-state index contributed by atoms with van der Waals surface area (Å²) in [4.78, 5) is 45.2. The second-order valence-electron chi connectivity index (χ2n) is 10.4. The van der Waals surface area contributed by atoms with Gasteiger partial charge in [-0.2, -0.15) is 0 Å². The molecule has 0 saturated heterocycles. The smallest absolute Gasteiger partial charge is 0.272 e. The van der Waals surface area contributed by atoms with Gasteiger partial charge in [-0.05, 0) is 80.1 Å². The molecular formula is C37H33FN4O4S2. The summed E-state index contributed by atoms with van der Waals surface area (Å²) < 4.78 is 19.0. The number of halogens is 1. The van der Waals surface area contributed by atoms with Crippen molar-refractivity contribution in [3.8, 4) is 17.0 Å². The molecule has 1 atom stereocenters. The van der Waals surface area contributed by atoms with Crippen molar-refractivity contribution < 1.29 is 23.5 Å². The molecular weight excluding hydrogens is 648 g/mol. The number of nitrogens with one attached hydrogen (secondary N) is 3. The molecule has 5 aromatic rings. The molecule has 0 fully saturated rings. The van der Waals surface area contributed by atoms with E-state index in [1.165, 1.54) is 35.2 Å². The van der Waals surface area contributed by atoms with Crippen LogP contribution in [0, 0.1) is 5.82 Å². The topological polar surface area (TPSA) is 109 Å². The van der Waals surface area contributed by atoms with Gasteiger partial charge in [0.1, 0.15) is 17.3 Å². The number of ether oxygens (including phenoxy) is 1. The van der Waals surface area contributed by atoms with Crippen molar-refractivity contribution in [2.75, 3.05) is 17.2 Å². The minimum absolute atomic E-state index is 0.0309. The van der Waals surface area contributed by atoms with Gasteiger partial charge in [0.2, 0.25) is 5.91 Å². The molecule has 0 aliphatic rings. The van der Waals surface area contributed by atoms with Crippen molar-refractivity contribution >= 4 is 57.7 Å². The lowest BCUT2D eigenvalue weighted by molar-refractivity contribution is -0.116. The van der Waals surface area contributed by atoms with E-state index in [0.29, 0.717) is 46.4 Å². The van der Waals surface area contributed by atoms with Gasteiger partial charge in [-0.3, -0.25) is 14.4 Å². The molecule has 0 aliphatic heterocycles. The van der Waals surface area contributed by atoms with Crippen LogP contribution in [-0.4, -0.2) is 34.6 Å². The number of thioether (sulfide) groups is 1. The molecule has 0 radical (unpaired) electrons. The highest BCUT2D eigenvalue weighted by molar-refractivity contribution is 8.00. The van der Waals surface area contributed by atoms with Gasteiger partial charge in [-0.25, -0.2) is 9.37 Å². The summed E-state index contributed by atoms with van der Waals surface area (Å²) in [6.07, 6.45) is 2.12. The number of hydrogen-bond acceptors (Lipinski definition) is 7. The van der Waals surface area contributed by atoms with Crippen LogP contribution in [0.25, 0.3) is 17.3 Å². The third-order valence-electron chi connectivity index (χ3n) is 6.96. The minimum Gasteiger partial charge on any atom is -0.493 e. The molecule has 5 rings (SSSR count). The van der Waals surface area contributed by atoms with E-state index in [0.717, 1.165) is 10.5 Å².